The van der Waals surface area contributed by atoms with Gasteiger partial charge in [-0.25, -0.2) is 8.78 Å². The van der Waals surface area contributed by atoms with E-state index in [2.05, 4.69) is 0 Å². The van der Waals surface area contributed by atoms with Gasteiger partial charge in [-0.2, -0.15) is 5.26 Å². The molecule has 1 aliphatic heterocycles. The number of halogens is 2. The Morgan fingerprint density at radius 2 is 2.25 bits per heavy atom. The maximum absolute atomic E-state index is 14.0. The second-order valence-electron chi connectivity index (χ2n) is 5.88. The average Bonchev–Trinajstić information content (AvgIpc) is 2.90. The van der Waals surface area contributed by atoms with Crippen molar-refractivity contribution in [2.24, 2.45) is 0 Å². The Morgan fingerprint density at radius 1 is 1.50 bits per heavy atom. The van der Waals surface area contributed by atoms with E-state index in [1.54, 1.807) is 9.80 Å². The van der Waals surface area contributed by atoms with Crippen molar-refractivity contribution in [3.63, 3.8) is 0 Å². The molecule has 130 valence electrons. The third-order valence-electron chi connectivity index (χ3n) is 4.26. The van der Waals surface area contributed by atoms with Crippen molar-refractivity contribution in [2.45, 2.75) is 31.9 Å². The Balaban J connectivity index is 2.14. The summed E-state index contributed by atoms with van der Waals surface area (Å²) in [5, 5.41) is 18.6. The molecule has 1 aliphatic rings. The van der Waals surface area contributed by atoms with E-state index in [-0.39, 0.29) is 37.4 Å². The van der Waals surface area contributed by atoms with E-state index in [1.165, 1.54) is 0 Å². The summed E-state index contributed by atoms with van der Waals surface area (Å²) in [5.41, 5.74) is 0.152. The summed E-state index contributed by atoms with van der Waals surface area (Å²) < 4.78 is 27.5. The highest BCUT2D eigenvalue weighted by Gasteiger charge is 2.35. The van der Waals surface area contributed by atoms with Gasteiger partial charge in [-0.15, -0.1) is 0 Å². The summed E-state index contributed by atoms with van der Waals surface area (Å²) >= 11 is 0. The molecule has 1 aromatic rings. The number of aliphatic hydroxyl groups is 1. The number of β-amino-alcohol motifs (C(OH)–C–C–N with tert-alkyl or cyclic N) is 1. The molecule has 0 radical (unpaired) electrons. The Kier molecular flexibility index (Phi) is 6.23. The molecule has 5 nitrogen and oxygen atoms in total. The fourth-order valence-electron chi connectivity index (χ4n) is 3.07. The molecule has 1 fully saturated rings. The maximum atomic E-state index is 14.0. The molecule has 1 amide bonds. The lowest BCUT2D eigenvalue weighted by atomic mass is 10.0. The minimum atomic E-state index is -0.695. The smallest absolute Gasteiger partial charge is 0.236 e. The number of aliphatic hydroxyl groups excluding tert-OH is 1. The molecule has 1 saturated heterocycles. The standard InChI is InChI=1S/C17H21F2N3O2/c1-2-21(7-3-6-20)17(24)11-22-10-13(23)9-16(22)14-8-12(18)4-5-15(14)19/h4-5,8,13,16,23H,2-3,7,9-11H2,1H3/t13-,16-/m0/s1. The number of carbonyl (C=O) groups excluding carboxylic acids is 1. The lowest BCUT2D eigenvalue weighted by molar-refractivity contribution is -0.132. The van der Waals surface area contributed by atoms with Crippen LogP contribution in [0.15, 0.2) is 18.2 Å². The van der Waals surface area contributed by atoms with Crippen LogP contribution in [0.1, 0.15) is 31.4 Å². The molecule has 2 atom stereocenters. The monoisotopic (exact) mass is 337 g/mol. The molecular formula is C17H21F2N3O2. The van der Waals surface area contributed by atoms with E-state index in [9.17, 15) is 18.7 Å². The first-order chi connectivity index (χ1) is 11.5. The molecular weight excluding hydrogens is 316 g/mol. The first-order valence-corrected chi connectivity index (χ1v) is 7.98. The Hall–Kier alpha value is -2.04. The summed E-state index contributed by atoms with van der Waals surface area (Å²) in [6.45, 7) is 2.84. The molecule has 0 spiro atoms. The highest BCUT2D eigenvalue weighted by molar-refractivity contribution is 5.78. The number of benzene rings is 1. The highest BCUT2D eigenvalue weighted by atomic mass is 19.1. The van der Waals surface area contributed by atoms with Crippen LogP contribution in [-0.4, -0.2) is 53.1 Å². The summed E-state index contributed by atoms with van der Waals surface area (Å²) in [7, 11) is 0. The van der Waals surface area contributed by atoms with Gasteiger partial charge in [0.2, 0.25) is 5.91 Å². The van der Waals surface area contributed by atoms with Crippen LogP contribution in [0, 0.1) is 23.0 Å². The second-order valence-corrected chi connectivity index (χ2v) is 5.88. The Morgan fingerprint density at radius 3 is 2.92 bits per heavy atom. The predicted octanol–water partition coefficient (Wildman–Crippen LogP) is 1.83. The van der Waals surface area contributed by atoms with E-state index in [1.807, 2.05) is 13.0 Å². The predicted molar refractivity (Wildman–Crippen MR) is 83.8 cm³/mol. The second kappa shape index (κ2) is 8.18. The minimum Gasteiger partial charge on any atom is -0.392 e. The fraction of sp³-hybridized carbons (Fsp3) is 0.529. The zero-order valence-corrected chi connectivity index (χ0v) is 13.6. The summed E-state index contributed by atoms with van der Waals surface area (Å²) in [4.78, 5) is 15.6. The van der Waals surface area contributed by atoms with Crippen molar-refractivity contribution in [3.05, 3.63) is 35.4 Å². The van der Waals surface area contributed by atoms with E-state index in [4.69, 9.17) is 5.26 Å². The number of carbonyl (C=O) groups is 1. The lowest BCUT2D eigenvalue weighted by Gasteiger charge is -2.27. The molecule has 2 rings (SSSR count). The molecule has 1 heterocycles. The van der Waals surface area contributed by atoms with Gasteiger partial charge in [-0.3, -0.25) is 9.69 Å². The van der Waals surface area contributed by atoms with Crippen molar-refractivity contribution in [3.8, 4) is 6.07 Å². The van der Waals surface area contributed by atoms with Crippen molar-refractivity contribution in [1.82, 2.24) is 9.80 Å². The molecule has 0 aromatic heterocycles. The number of hydrogen-bond acceptors (Lipinski definition) is 4. The quantitative estimate of drug-likeness (QED) is 0.860. The first kappa shape index (κ1) is 18.3. The molecule has 0 bridgehead atoms. The highest BCUT2D eigenvalue weighted by Crippen LogP contribution is 2.33. The van der Waals surface area contributed by atoms with Gasteiger partial charge in [0.25, 0.3) is 0 Å². The molecule has 0 unspecified atom stereocenters. The largest absolute Gasteiger partial charge is 0.392 e. The number of nitrogens with zero attached hydrogens (tertiary/aromatic N) is 3. The molecule has 0 saturated carbocycles. The molecule has 0 aliphatic carbocycles. The van der Waals surface area contributed by atoms with E-state index < -0.39 is 23.8 Å². The average molecular weight is 337 g/mol. The van der Waals surface area contributed by atoms with E-state index in [0.29, 0.717) is 13.1 Å². The van der Waals surface area contributed by atoms with Crippen LogP contribution in [0.25, 0.3) is 0 Å². The van der Waals surface area contributed by atoms with Gasteiger partial charge in [0.05, 0.1) is 25.1 Å². The third-order valence-corrected chi connectivity index (χ3v) is 4.26. The van der Waals surface area contributed by atoms with Crippen molar-refractivity contribution in [1.29, 1.82) is 5.26 Å². The third kappa shape index (κ3) is 4.28. The summed E-state index contributed by atoms with van der Waals surface area (Å²) in [5.74, 6) is -1.29. The van der Waals surface area contributed by atoms with Crippen molar-refractivity contribution < 1.29 is 18.7 Å². The Labute approximate surface area is 140 Å². The van der Waals surface area contributed by atoms with Gasteiger partial charge in [0.1, 0.15) is 11.6 Å². The number of likely N-dealkylation sites (N-methyl/N-ethyl adjacent to an activating group) is 1. The van der Waals surface area contributed by atoms with Gasteiger partial charge in [-0.05, 0) is 31.5 Å². The summed E-state index contributed by atoms with van der Waals surface area (Å²) in [6.07, 6.45) is -0.207. The zero-order valence-electron chi connectivity index (χ0n) is 13.6. The van der Waals surface area contributed by atoms with Crippen LogP contribution in [0.2, 0.25) is 0 Å². The van der Waals surface area contributed by atoms with Gasteiger partial charge in [0, 0.05) is 31.2 Å². The molecule has 7 heteroatoms. The number of rotatable bonds is 6. The van der Waals surface area contributed by atoms with E-state index in [0.717, 1.165) is 18.2 Å². The van der Waals surface area contributed by atoms with Gasteiger partial charge in [-0.1, -0.05) is 0 Å². The SMILES string of the molecule is CCN(CCC#N)C(=O)CN1C[C@@H](O)C[C@H]1c1cc(F)ccc1F. The first-order valence-electron chi connectivity index (χ1n) is 7.98. The zero-order chi connectivity index (χ0) is 17.7. The molecule has 1 N–H and O–H groups in total. The van der Waals surface area contributed by atoms with Crippen LogP contribution in [0.4, 0.5) is 8.78 Å². The number of likely N-dealkylation sites (tertiary alicyclic amines) is 1. The fourth-order valence-corrected chi connectivity index (χ4v) is 3.07. The van der Waals surface area contributed by atoms with Crippen LogP contribution in [-0.2, 0) is 4.79 Å². The lowest BCUT2D eigenvalue weighted by Crippen LogP contribution is -2.41. The molecule has 1 aromatic carbocycles. The number of nitriles is 1. The van der Waals surface area contributed by atoms with Crippen LogP contribution in [0.5, 0.6) is 0 Å². The van der Waals surface area contributed by atoms with Gasteiger partial charge in [0.15, 0.2) is 0 Å². The topological polar surface area (TPSA) is 67.6 Å². The number of amides is 1. The maximum Gasteiger partial charge on any atom is 0.236 e. The van der Waals surface area contributed by atoms with Crippen molar-refractivity contribution >= 4 is 5.91 Å². The minimum absolute atomic E-state index is 0.00303. The van der Waals surface area contributed by atoms with Gasteiger partial charge < -0.3 is 10.0 Å². The van der Waals surface area contributed by atoms with Crippen LogP contribution in [0.3, 0.4) is 0 Å². The Bertz CT molecular complexity index is 633. The molecule has 24 heavy (non-hydrogen) atoms. The van der Waals surface area contributed by atoms with Crippen LogP contribution >= 0.6 is 0 Å². The van der Waals surface area contributed by atoms with E-state index >= 15 is 0 Å². The summed E-state index contributed by atoms with van der Waals surface area (Å²) in [6, 6.07) is 4.66. The van der Waals surface area contributed by atoms with Crippen molar-refractivity contribution in [2.75, 3.05) is 26.2 Å². The van der Waals surface area contributed by atoms with Crippen LogP contribution < -0.4 is 0 Å². The van der Waals surface area contributed by atoms with Gasteiger partial charge >= 0.3 is 0 Å². The normalized spacial score (nSPS) is 20.8. The number of hydrogen-bond donors (Lipinski definition) is 1.